The first kappa shape index (κ1) is 9.41. The summed E-state index contributed by atoms with van der Waals surface area (Å²) in [6, 6.07) is 5.11. The Morgan fingerprint density at radius 1 is 1.50 bits per heavy atom. The Balaban J connectivity index is 2.31. The predicted molar refractivity (Wildman–Crippen MR) is 56.3 cm³/mol. The fraction of sp³-hybridized carbons (Fsp3) is 0.333. The second-order valence-electron chi connectivity index (χ2n) is 3.92. The minimum Gasteiger partial charge on any atom is -0.328 e. The first-order chi connectivity index (χ1) is 6.66. The van der Waals surface area contributed by atoms with E-state index in [0.29, 0.717) is 0 Å². The van der Waals surface area contributed by atoms with Crippen molar-refractivity contribution in [1.29, 1.82) is 0 Å². The maximum atomic E-state index is 13.0. The van der Waals surface area contributed by atoms with Crippen molar-refractivity contribution in [2.45, 2.75) is 25.8 Å². The van der Waals surface area contributed by atoms with Gasteiger partial charge in [0.05, 0.1) is 0 Å². The van der Waals surface area contributed by atoms with Gasteiger partial charge >= 0.3 is 0 Å². The highest BCUT2D eigenvalue weighted by molar-refractivity contribution is 5.73. The van der Waals surface area contributed by atoms with E-state index in [0.717, 1.165) is 18.4 Å². The van der Waals surface area contributed by atoms with E-state index in [2.05, 4.69) is 6.08 Å². The van der Waals surface area contributed by atoms with Gasteiger partial charge in [0.1, 0.15) is 5.82 Å². The van der Waals surface area contributed by atoms with E-state index >= 15 is 0 Å². The van der Waals surface area contributed by atoms with E-state index in [1.807, 2.05) is 13.0 Å². The van der Waals surface area contributed by atoms with E-state index < -0.39 is 0 Å². The number of nitrogens with two attached hydrogens (primary N) is 1. The zero-order valence-corrected chi connectivity index (χ0v) is 8.26. The second kappa shape index (κ2) is 3.54. The molecule has 1 aliphatic rings. The Hall–Kier alpha value is -1.15. The normalized spacial score (nSPS) is 16.4. The Morgan fingerprint density at radius 2 is 2.29 bits per heavy atom. The van der Waals surface area contributed by atoms with Crippen LogP contribution in [0, 0.1) is 5.82 Å². The molecule has 74 valence electrons. The highest BCUT2D eigenvalue weighted by Gasteiger charge is 2.15. The number of rotatable bonds is 2. The first-order valence-corrected chi connectivity index (χ1v) is 4.90. The largest absolute Gasteiger partial charge is 0.328 e. The molecule has 0 spiro atoms. The Morgan fingerprint density at radius 3 is 3.00 bits per heavy atom. The molecule has 2 rings (SSSR count). The lowest BCUT2D eigenvalue weighted by Crippen LogP contribution is -2.14. The van der Waals surface area contributed by atoms with Crippen molar-refractivity contribution in [2.75, 3.05) is 0 Å². The van der Waals surface area contributed by atoms with Crippen LogP contribution in [-0.2, 0) is 6.42 Å². The predicted octanol–water partition coefficient (Wildman–Crippen LogP) is 2.50. The Kier molecular flexibility index (Phi) is 2.38. The summed E-state index contributed by atoms with van der Waals surface area (Å²) in [5, 5.41) is 0. The number of fused-ring (bicyclic) bond motifs is 1. The summed E-state index contributed by atoms with van der Waals surface area (Å²) in [6.07, 6.45) is 3.89. The zero-order valence-electron chi connectivity index (χ0n) is 8.26. The molecule has 1 unspecified atom stereocenters. The van der Waals surface area contributed by atoms with Gasteiger partial charge in [0, 0.05) is 6.04 Å². The smallest absolute Gasteiger partial charge is 0.123 e. The molecule has 1 aromatic rings. The average molecular weight is 191 g/mol. The van der Waals surface area contributed by atoms with Crippen LogP contribution in [0.4, 0.5) is 4.39 Å². The molecular formula is C12H14FN. The Labute approximate surface area is 83.4 Å². The Bertz CT molecular complexity index is 380. The molecule has 0 bridgehead atoms. The molecule has 0 radical (unpaired) electrons. The van der Waals surface area contributed by atoms with E-state index in [1.54, 1.807) is 6.07 Å². The van der Waals surface area contributed by atoms with Gasteiger partial charge in [-0.25, -0.2) is 4.39 Å². The van der Waals surface area contributed by atoms with Crippen LogP contribution < -0.4 is 5.73 Å². The molecule has 1 atom stereocenters. The molecule has 0 fully saturated rings. The van der Waals surface area contributed by atoms with Crippen molar-refractivity contribution in [3.05, 3.63) is 41.2 Å². The summed E-state index contributed by atoms with van der Waals surface area (Å²) in [4.78, 5) is 0. The number of hydrogen-bond acceptors (Lipinski definition) is 1. The van der Waals surface area contributed by atoms with E-state index in [1.165, 1.54) is 17.2 Å². The molecule has 1 aliphatic carbocycles. The van der Waals surface area contributed by atoms with Gasteiger partial charge in [-0.05, 0) is 48.6 Å². The molecule has 1 aromatic carbocycles. The van der Waals surface area contributed by atoms with E-state index in [4.69, 9.17) is 5.73 Å². The fourth-order valence-corrected chi connectivity index (χ4v) is 1.91. The first-order valence-electron chi connectivity index (χ1n) is 4.90. The van der Waals surface area contributed by atoms with E-state index in [-0.39, 0.29) is 11.9 Å². The fourth-order valence-electron chi connectivity index (χ4n) is 1.91. The van der Waals surface area contributed by atoms with Gasteiger partial charge in [-0.3, -0.25) is 0 Å². The maximum Gasteiger partial charge on any atom is 0.123 e. The molecule has 0 amide bonds. The van der Waals surface area contributed by atoms with Crippen molar-refractivity contribution in [3.8, 4) is 0 Å². The van der Waals surface area contributed by atoms with Gasteiger partial charge in [-0.15, -0.1) is 0 Å². The highest BCUT2D eigenvalue weighted by Crippen LogP contribution is 2.30. The third kappa shape index (κ3) is 1.70. The zero-order chi connectivity index (χ0) is 10.1. The molecular weight excluding hydrogens is 177 g/mol. The molecule has 1 nitrogen and oxygen atoms in total. The highest BCUT2D eigenvalue weighted by atomic mass is 19.1. The average Bonchev–Trinajstić information content (AvgIpc) is 2.47. The van der Waals surface area contributed by atoms with Gasteiger partial charge in [0.15, 0.2) is 0 Å². The number of halogens is 1. The van der Waals surface area contributed by atoms with Crippen LogP contribution in [0.15, 0.2) is 24.3 Å². The topological polar surface area (TPSA) is 26.0 Å². The van der Waals surface area contributed by atoms with Gasteiger partial charge in [0.25, 0.3) is 0 Å². The maximum absolute atomic E-state index is 13.0. The number of benzene rings is 1. The van der Waals surface area contributed by atoms with Crippen molar-refractivity contribution in [1.82, 2.24) is 0 Å². The van der Waals surface area contributed by atoms with Crippen LogP contribution in [0.2, 0.25) is 0 Å². The van der Waals surface area contributed by atoms with Crippen LogP contribution in [0.1, 0.15) is 24.5 Å². The van der Waals surface area contributed by atoms with Crippen molar-refractivity contribution < 1.29 is 4.39 Å². The van der Waals surface area contributed by atoms with Gasteiger partial charge in [-0.1, -0.05) is 12.1 Å². The van der Waals surface area contributed by atoms with Crippen molar-refractivity contribution in [2.24, 2.45) is 5.73 Å². The van der Waals surface area contributed by atoms with Crippen molar-refractivity contribution in [3.63, 3.8) is 0 Å². The summed E-state index contributed by atoms with van der Waals surface area (Å²) in [7, 11) is 0. The number of hydrogen-bond donors (Lipinski definition) is 1. The third-order valence-corrected chi connectivity index (χ3v) is 2.53. The molecule has 0 heterocycles. The summed E-state index contributed by atoms with van der Waals surface area (Å²) in [5.74, 6) is -0.166. The monoisotopic (exact) mass is 191 g/mol. The van der Waals surface area contributed by atoms with Crippen LogP contribution in [0.3, 0.4) is 0 Å². The molecule has 0 saturated heterocycles. The van der Waals surface area contributed by atoms with Crippen LogP contribution in [-0.4, -0.2) is 6.04 Å². The van der Waals surface area contributed by atoms with Crippen LogP contribution >= 0.6 is 0 Å². The molecule has 2 N–H and O–H groups in total. The quantitative estimate of drug-likeness (QED) is 0.763. The lowest BCUT2D eigenvalue weighted by molar-refractivity contribution is 0.626. The molecule has 0 aliphatic heterocycles. The minimum absolute atomic E-state index is 0.135. The minimum atomic E-state index is -0.166. The second-order valence-corrected chi connectivity index (χ2v) is 3.92. The summed E-state index contributed by atoms with van der Waals surface area (Å²) in [5.41, 5.74) is 9.18. The van der Waals surface area contributed by atoms with Gasteiger partial charge in [-0.2, -0.15) is 0 Å². The van der Waals surface area contributed by atoms with Gasteiger partial charge in [0.2, 0.25) is 0 Å². The lowest BCUT2D eigenvalue weighted by Gasteiger charge is -2.08. The molecule has 0 saturated carbocycles. The molecule has 0 aromatic heterocycles. The summed E-state index contributed by atoms with van der Waals surface area (Å²) < 4.78 is 13.0. The van der Waals surface area contributed by atoms with Crippen LogP contribution in [0.5, 0.6) is 0 Å². The van der Waals surface area contributed by atoms with Gasteiger partial charge < -0.3 is 5.73 Å². The standard InChI is InChI=1S/C12H14FN/c1-8(14)6-10-3-2-9-4-5-11(13)7-12(9)10/h3-5,7-8H,2,6,14H2,1H3. The summed E-state index contributed by atoms with van der Waals surface area (Å²) >= 11 is 0. The van der Waals surface area contributed by atoms with E-state index in [9.17, 15) is 4.39 Å². The molecule has 2 heteroatoms. The van der Waals surface area contributed by atoms with Crippen molar-refractivity contribution >= 4 is 5.57 Å². The lowest BCUT2D eigenvalue weighted by atomic mass is 10.0. The third-order valence-electron chi connectivity index (χ3n) is 2.53. The van der Waals surface area contributed by atoms with Crippen LogP contribution in [0.25, 0.3) is 5.57 Å². The molecule has 14 heavy (non-hydrogen) atoms. The summed E-state index contributed by atoms with van der Waals surface area (Å²) in [6.45, 7) is 1.97. The SMILES string of the molecule is CC(N)CC1=CCc2ccc(F)cc21. The number of allylic oxidation sites excluding steroid dienone is 1.